The third-order valence-electron chi connectivity index (χ3n) is 12.4. The van der Waals surface area contributed by atoms with E-state index in [1.54, 1.807) is 24.6 Å². The molecule has 7 rings (SSSR count). The number of nitrogens with zero attached hydrogens (tertiary/aromatic N) is 6. The Labute approximate surface area is 413 Å². The molecule has 2 N–H and O–H groups in total. The summed E-state index contributed by atoms with van der Waals surface area (Å²) in [6, 6.07) is 17.0. The van der Waals surface area contributed by atoms with E-state index < -0.39 is 23.5 Å². The van der Waals surface area contributed by atoms with E-state index in [1.807, 2.05) is 87.8 Å². The molecule has 2 amide bonds. The largest absolute Gasteiger partial charge is 0.495 e. The monoisotopic (exact) mass is 985 g/mol. The quantitative estimate of drug-likeness (QED) is 0.0673. The van der Waals surface area contributed by atoms with Crippen molar-refractivity contribution in [2.75, 3.05) is 104 Å². The third-order valence-corrected chi connectivity index (χ3v) is 13.4. The zero-order chi connectivity index (χ0) is 49.5. The maximum absolute atomic E-state index is 14.0. The second-order valence-corrected chi connectivity index (χ2v) is 19.4. The zero-order valence-electron chi connectivity index (χ0n) is 40.9. The lowest BCUT2D eigenvalue weighted by Gasteiger charge is -2.34. The van der Waals surface area contributed by atoms with Gasteiger partial charge in [0.05, 0.1) is 87.4 Å². The van der Waals surface area contributed by atoms with E-state index >= 15 is 0 Å². The predicted octanol–water partition coefficient (Wildman–Crippen LogP) is 5.33. The Bertz CT molecular complexity index is 2430. The molecule has 0 spiro atoms. The van der Waals surface area contributed by atoms with Gasteiger partial charge in [-0.05, 0) is 47.7 Å². The molecule has 5 aromatic rings. The molecule has 3 atom stereocenters. The van der Waals surface area contributed by atoms with Gasteiger partial charge in [-0.1, -0.05) is 45.0 Å². The van der Waals surface area contributed by atoms with Crippen LogP contribution in [0.15, 0.2) is 70.7 Å². The van der Waals surface area contributed by atoms with Crippen LogP contribution in [0.1, 0.15) is 50.6 Å². The minimum absolute atomic E-state index is 0.0284. The van der Waals surface area contributed by atoms with E-state index in [0.29, 0.717) is 62.7 Å². The van der Waals surface area contributed by atoms with Gasteiger partial charge in [0.15, 0.2) is 11.4 Å². The molecule has 18 nitrogen and oxygen atoms in total. The van der Waals surface area contributed by atoms with Crippen LogP contribution in [0.2, 0.25) is 0 Å². The number of ketones is 1. The van der Waals surface area contributed by atoms with Crippen molar-refractivity contribution in [3.05, 3.63) is 83.3 Å². The molecule has 70 heavy (non-hydrogen) atoms. The van der Waals surface area contributed by atoms with Crippen molar-refractivity contribution in [2.24, 2.45) is 11.3 Å². The van der Waals surface area contributed by atoms with Crippen LogP contribution in [0.4, 0.5) is 6.01 Å². The van der Waals surface area contributed by atoms with Crippen LogP contribution >= 0.6 is 11.3 Å². The molecule has 0 unspecified atom stereocenters. The van der Waals surface area contributed by atoms with Crippen LogP contribution < -0.4 is 19.7 Å². The average molecular weight is 986 g/mol. The Morgan fingerprint density at radius 3 is 2.24 bits per heavy atom. The summed E-state index contributed by atoms with van der Waals surface area (Å²) >= 11 is 1.58. The highest BCUT2D eigenvalue weighted by molar-refractivity contribution is 7.13. The van der Waals surface area contributed by atoms with E-state index in [2.05, 4.69) is 25.1 Å². The fraction of sp³-hybridized carbons (Fsp3) is 0.529. The van der Waals surface area contributed by atoms with Gasteiger partial charge in [0.25, 0.3) is 6.01 Å². The van der Waals surface area contributed by atoms with Gasteiger partial charge in [0.1, 0.15) is 36.3 Å². The van der Waals surface area contributed by atoms with Gasteiger partial charge in [-0.25, -0.2) is 4.98 Å². The first kappa shape index (κ1) is 52.3. The number of Topliss-reactive ketones (excluding diaryl/α,β-unsaturated/α-hetero) is 1. The summed E-state index contributed by atoms with van der Waals surface area (Å²) in [7, 11) is 1.61. The number of nitrogens with one attached hydrogen (secondary N) is 1. The maximum Gasteiger partial charge on any atom is 0.298 e. The first-order chi connectivity index (χ1) is 33.8. The fourth-order valence-corrected chi connectivity index (χ4v) is 9.12. The molecule has 378 valence electrons. The molecule has 2 fully saturated rings. The topological polar surface area (TPSA) is 200 Å². The maximum atomic E-state index is 14.0. The van der Waals surface area contributed by atoms with Crippen LogP contribution in [0.3, 0.4) is 0 Å². The van der Waals surface area contributed by atoms with Gasteiger partial charge in [0, 0.05) is 70.6 Å². The first-order valence-corrected chi connectivity index (χ1v) is 24.8. The number of aryl methyl sites for hydroxylation is 1. The lowest BCUT2D eigenvalue weighted by Crippen LogP contribution is -2.50. The number of methoxy groups -OCH3 is 1. The molecular formula is C51H67N7O11S. The number of aliphatic hydroxyl groups is 1. The van der Waals surface area contributed by atoms with Crippen LogP contribution in [0.5, 0.6) is 11.5 Å². The van der Waals surface area contributed by atoms with E-state index in [0.717, 1.165) is 65.6 Å². The number of aromatic nitrogens is 3. The van der Waals surface area contributed by atoms with Gasteiger partial charge >= 0.3 is 0 Å². The summed E-state index contributed by atoms with van der Waals surface area (Å²) in [5.41, 5.74) is 6.43. The third kappa shape index (κ3) is 15.0. The van der Waals surface area contributed by atoms with Gasteiger partial charge < -0.3 is 53.1 Å². The SMILES string of the molecule is COc1ccc(COc2ccc3oc(N4CCN(CCOCCOCCOCCOCC(=O)C[C@H](C(=O)N5C[C@H](O)C[C@H]5C(=O)NCc5ccc(-c6scnc6C)cc5)C(C)(C)C)CC4)nc3c2)nc1. The van der Waals surface area contributed by atoms with Gasteiger partial charge in [-0.2, -0.15) is 4.98 Å². The van der Waals surface area contributed by atoms with Gasteiger partial charge in [0.2, 0.25) is 11.8 Å². The standard InChI is InChI=1S/C51H67N7O11S/c1-35-47(70-34-54-35)37-8-6-36(7-9-37)29-53-48(61)45-27-39(59)31-58(45)49(62)43(51(2,3)4)26-40(60)33-67-25-24-66-23-22-65-21-20-64-19-18-56-14-16-57(17-15-56)50-55-44-28-41(12-13-46(44)69-50)68-32-38-10-11-42(63-5)30-52-38/h6-13,28,30,34,39,43,45,59H,14-27,29,31-33H2,1-5H3,(H,53,61)/t39-,43-,45+/m1/s1. The zero-order valence-corrected chi connectivity index (χ0v) is 41.7. The highest BCUT2D eigenvalue weighted by Crippen LogP contribution is 2.34. The normalized spacial score (nSPS) is 17.0. The molecule has 0 radical (unpaired) electrons. The minimum atomic E-state index is -0.840. The number of carbonyl (C=O) groups is 3. The second kappa shape index (κ2) is 25.5. The van der Waals surface area contributed by atoms with E-state index in [1.165, 1.54) is 4.90 Å². The Balaban J connectivity index is 0.704. The molecule has 2 aliphatic rings. The number of thiazole rings is 1. The number of ether oxygens (including phenoxy) is 6. The number of piperazine rings is 1. The molecule has 2 aromatic carbocycles. The lowest BCUT2D eigenvalue weighted by atomic mass is 9.77. The highest BCUT2D eigenvalue weighted by atomic mass is 32.1. The number of hydrogen-bond acceptors (Lipinski definition) is 17. The van der Waals surface area contributed by atoms with Crippen LogP contribution in [-0.4, -0.2) is 159 Å². The summed E-state index contributed by atoms with van der Waals surface area (Å²) in [5, 5.41) is 13.5. The number of aliphatic hydroxyl groups excluding tert-OH is 1. The van der Waals surface area contributed by atoms with E-state index in [9.17, 15) is 19.5 Å². The molecule has 5 heterocycles. The van der Waals surface area contributed by atoms with Gasteiger partial charge in [-0.15, -0.1) is 11.3 Å². The summed E-state index contributed by atoms with van der Waals surface area (Å²) in [6.07, 6.45) is 0.910. The van der Waals surface area contributed by atoms with Gasteiger partial charge in [-0.3, -0.25) is 24.3 Å². The molecule has 0 bridgehead atoms. The van der Waals surface area contributed by atoms with Crippen molar-refractivity contribution in [1.82, 2.24) is 30.1 Å². The smallest absolute Gasteiger partial charge is 0.298 e. The Morgan fingerprint density at radius 1 is 0.886 bits per heavy atom. The van der Waals surface area contributed by atoms with Crippen molar-refractivity contribution >= 4 is 46.0 Å². The Hall–Kier alpha value is -5.54. The molecule has 0 aliphatic carbocycles. The number of β-amino-alcohol motifs (C(OH)–C–C–N with tert-alkyl or cyclic N) is 1. The Morgan fingerprint density at radius 2 is 1.59 bits per heavy atom. The predicted molar refractivity (Wildman–Crippen MR) is 264 cm³/mol. The van der Waals surface area contributed by atoms with Crippen molar-refractivity contribution in [2.45, 2.75) is 65.8 Å². The number of oxazole rings is 1. The molecular weight excluding hydrogens is 919 g/mol. The number of amides is 2. The number of carbonyl (C=O) groups excluding carboxylic acids is 3. The molecule has 2 aliphatic heterocycles. The number of anilines is 1. The number of benzene rings is 2. The van der Waals surface area contributed by atoms with Crippen LogP contribution in [-0.2, 0) is 46.5 Å². The summed E-state index contributed by atoms with van der Waals surface area (Å²) in [6.45, 7) is 15.1. The molecule has 19 heteroatoms. The van der Waals surface area contributed by atoms with Crippen molar-refractivity contribution in [3.8, 4) is 21.9 Å². The highest BCUT2D eigenvalue weighted by Gasteiger charge is 2.44. The lowest BCUT2D eigenvalue weighted by molar-refractivity contribution is -0.146. The number of fused-ring (bicyclic) bond motifs is 1. The fourth-order valence-electron chi connectivity index (χ4n) is 8.31. The van der Waals surface area contributed by atoms with Crippen LogP contribution in [0, 0.1) is 18.3 Å². The first-order valence-electron chi connectivity index (χ1n) is 23.9. The second-order valence-electron chi connectivity index (χ2n) is 18.6. The average Bonchev–Trinajstić information content (AvgIpc) is 4.11. The minimum Gasteiger partial charge on any atom is -0.495 e. The van der Waals surface area contributed by atoms with E-state index in [-0.39, 0.29) is 63.3 Å². The Kier molecular flexibility index (Phi) is 19.1. The molecule has 3 aromatic heterocycles. The van der Waals surface area contributed by atoms with Crippen molar-refractivity contribution in [3.63, 3.8) is 0 Å². The van der Waals surface area contributed by atoms with Crippen molar-refractivity contribution in [1.29, 1.82) is 0 Å². The molecule has 0 saturated carbocycles. The summed E-state index contributed by atoms with van der Waals surface area (Å²) < 4.78 is 39.9. The summed E-state index contributed by atoms with van der Waals surface area (Å²) in [4.78, 5) is 61.0. The van der Waals surface area contributed by atoms with E-state index in [4.69, 9.17) is 37.8 Å². The van der Waals surface area contributed by atoms with Crippen LogP contribution in [0.25, 0.3) is 21.5 Å². The number of likely N-dealkylation sites (tertiary alicyclic amines) is 1. The number of hydrogen-bond donors (Lipinski definition) is 2. The molecule has 2 saturated heterocycles. The number of pyridine rings is 1. The summed E-state index contributed by atoms with van der Waals surface area (Å²) in [5.74, 6) is -0.206. The van der Waals surface area contributed by atoms with Crippen molar-refractivity contribution < 1.29 is 52.3 Å². The number of rotatable bonds is 26.